The molecule has 1 aromatic rings. The molecule has 0 aromatic carbocycles. The number of nitrogens with zero attached hydrogens (tertiary/aromatic N) is 3. The maximum atomic E-state index is 11.9. The van der Waals surface area contributed by atoms with E-state index in [-0.39, 0.29) is 11.9 Å². The fourth-order valence-corrected chi connectivity index (χ4v) is 2.49. The number of nitrogens with two attached hydrogens (primary N) is 1. The number of rotatable bonds is 3. The molecule has 0 spiro atoms. The Balaban J connectivity index is 2.40. The van der Waals surface area contributed by atoms with E-state index in [1.165, 1.54) is 0 Å². The van der Waals surface area contributed by atoms with Crippen LogP contribution in [0, 0.1) is 13.8 Å². The number of aryl methyl sites for hydroxylation is 1. The van der Waals surface area contributed by atoms with Crippen molar-refractivity contribution >= 4 is 17.5 Å². The molecule has 7 heteroatoms. The van der Waals surface area contributed by atoms with E-state index in [0.29, 0.717) is 11.6 Å². The van der Waals surface area contributed by atoms with E-state index < -0.39 is 0 Å². The van der Waals surface area contributed by atoms with Crippen LogP contribution in [-0.4, -0.2) is 35.5 Å². The molecule has 1 aliphatic rings. The van der Waals surface area contributed by atoms with Gasteiger partial charge in [0.15, 0.2) is 0 Å². The van der Waals surface area contributed by atoms with Crippen molar-refractivity contribution in [2.75, 3.05) is 23.9 Å². The summed E-state index contributed by atoms with van der Waals surface area (Å²) in [4.78, 5) is 22.7. The number of carbonyl (C=O) groups excluding carboxylic acids is 1. The zero-order valence-corrected chi connectivity index (χ0v) is 11.5. The zero-order valence-electron chi connectivity index (χ0n) is 11.5. The standard InChI is InChI=1S/C12H20N6O/c1-7-10(17-13)15-8(2)16-11(7)18-6-4-5-9(18)12(19)14-3/h9H,4-6,13H2,1-3H3,(H,14,19)(H,15,16,17). The van der Waals surface area contributed by atoms with Gasteiger partial charge in [-0.15, -0.1) is 0 Å². The van der Waals surface area contributed by atoms with Gasteiger partial charge < -0.3 is 15.6 Å². The molecule has 4 N–H and O–H groups in total. The van der Waals surface area contributed by atoms with Crippen molar-refractivity contribution in [1.82, 2.24) is 15.3 Å². The number of amides is 1. The molecular weight excluding hydrogens is 244 g/mol. The molecule has 0 bridgehead atoms. The van der Waals surface area contributed by atoms with E-state index in [1.54, 1.807) is 7.05 Å². The number of aromatic nitrogens is 2. The molecule has 1 amide bonds. The Labute approximate surface area is 112 Å². The summed E-state index contributed by atoms with van der Waals surface area (Å²) in [6, 6.07) is -0.163. The first-order chi connectivity index (χ1) is 9.08. The number of likely N-dealkylation sites (N-methyl/N-ethyl adjacent to an activating group) is 1. The van der Waals surface area contributed by atoms with Gasteiger partial charge in [-0.2, -0.15) is 0 Å². The smallest absolute Gasteiger partial charge is 0.242 e. The minimum Gasteiger partial charge on any atom is -0.357 e. The van der Waals surface area contributed by atoms with Crippen LogP contribution in [0.25, 0.3) is 0 Å². The quantitative estimate of drug-likeness (QED) is 0.529. The third-order valence-corrected chi connectivity index (χ3v) is 3.44. The van der Waals surface area contributed by atoms with Gasteiger partial charge in [0.2, 0.25) is 5.91 Å². The lowest BCUT2D eigenvalue weighted by molar-refractivity contribution is -0.121. The minimum absolute atomic E-state index is 0.0235. The lowest BCUT2D eigenvalue weighted by Crippen LogP contribution is -2.42. The summed E-state index contributed by atoms with van der Waals surface area (Å²) in [5.41, 5.74) is 3.44. The Morgan fingerprint density at radius 3 is 2.79 bits per heavy atom. The van der Waals surface area contributed by atoms with Crippen LogP contribution in [0.1, 0.15) is 24.2 Å². The summed E-state index contributed by atoms with van der Waals surface area (Å²) in [7, 11) is 1.66. The van der Waals surface area contributed by atoms with E-state index in [9.17, 15) is 4.79 Å². The van der Waals surface area contributed by atoms with Crippen molar-refractivity contribution < 1.29 is 4.79 Å². The highest BCUT2D eigenvalue weighted by Crippen LogP contribution is 2.29. The second-order valence-corrected chi connectivity index (χ2v) is 4.68. The van der Waals surface area contributed by atoms with E-state index in [2.05, 4.69) is 20.7 Å². The molecule has 0 radical (unpaired) electrons. The fourth-order valence-electron chi connectivity index (χ4n) is 2.49. The summed E-state index contributed by atoms with van der Waals surface area (Å²) in [5, 5.41) is 2.71. The van der Waals surface area contributed by atoms with E-state index in [0.717, 1.165) is 30.8 Å². The Bertz CT molecular complexity index is 489. The van der Waals surface area contributed by atoms with E-state index in [1.807, 2.05) is 18.7 Å². The van der Waals surface area contributed by atoms with Crippen molar-refractivity contribution in [2.45, 2.75) is 32.7 Å². The topological polar surface area (TPSA) is 96.2 Å². The second-order valence-electron chi connectivity index (χ2n) is 4.68. The van der Waals surface area contributed by atoms with Crippen LogP contribution in [0.2, 0.25) is 0 Å². The van der Waals surface area contributed by atoms with Crippen LogP contribution < -0.4 is 21.5 Å². The van der Waals surface area contributed by atoms with Gasteiger partial charge in [0.05, 0.1) is 0 Å². The molecule has 1 aromatic heterocycles. The van der Waals surface area contributed by atoms with Crippen molar-refractivity contribution in [2.24, 2.45) is 5.84 Å². The molecule has 19 heavy (non-hydrogen) atoms. The maximum absolute atomic E-state index is 11.9. The Morgan fingerprint density at radius 1 is 1.42 bits per heavy atom. The van der Waals surface area contributed by atoms with Gasteiger partial charge >= 0.3 is 0 Å². The average Bonchev–Trinajstić information content (AvgIpc) is 2.89. The van der Waals surface area contributed by atoms with Crippen LogP contribution in [0.4, 0.5) is 11.6 Å². The summed E-state index contributed by atoms with van der Waals surface area (Å²) < 4.78 is 0. The van der Waals surface area contributed by atoms with Gasteiger partial charge in [-0.1, -0.05) is 0 Å². The van der Waals surface area contributed by atoms with Crippen molar-refractivity contribution in [3.8, 4) is 0 Å². The van der Waals surface area contributed by atoms with E-state index in [4.69, 9.17) is 5.84 Å². The lowest BCUT2D eigenvalue weighted by atomic mass is 10.2. The Hall–Kier alpha value is -1.89. The van der Waals surface area contributed by atoms with Gasteiger partial charge in [-0.25, -0.2) is 15.8 Å². The summed E-state index contributed by atoms with van der Waals surface area (Å²) in [5.74, 6) is 7.51. The molecule has 2 rings (SSSR count). The largest absolute Gasteiger partial charge is 0.357 e. The number of carbonyl (C=O) groups is 1. The zero-order chi connectivity index (χ0) is 14.0. The number of hydrogen-bond acceptors (Lipinski definition) is 6. The highest BCUT2D eigenvalue weighted by atomic mass is 16.2. The normalized spacial score (nSPS) is 18.5. The van der Waals surface area contributed by atoms with E-state index >= 15 is 0 Å². The lowest BCUT2D eigenvalue weighted by Gasteiger charge is -2.26. The van der Waals surface area contributed by atoms with Gasteiger partial charge in [0, 0.05) is 19.2 Å². The third kappa shape index (κ3) is 2.46. The van der Waals surface area contributed by atoms with Crippen molar-refractivity contribution in [3.63, 3.8) is 0 Å². The number of nitrogens with one attached hydrogen (secondary N) is 2. The molecule has 1 saturated heterocycles. The predicted molar refractivity (Wildman–Crippen MR) is 73.8 cm³/mol. The van der Waals surface area contributed by atoms with Gasteiger partial charge in [-0.3, -0.25) is 4.79 Å². The molecule has 1 fully saturated rings. The SMILES string of the molecule is CNC(=O)C1CCCN1c1nc(C)nc(NN)c1C. The van der Waals surface area contributed by atoms with Crippen LogP contribution in [0.15, 0.2) is 0 Å². The number of nitrogen functional groups attached to an aromatic ring is 1. The summed E-state index contributed by atoms with van der Waals surface area (Å²) in [6.07, 6.45) is 1.82. The molecule has 1 aliphatic heterocycles. The Kier molecular flexibility index (Phi) is 3.84. The molecule has 0 saturated carbocycles. The first kappa shape index (κ1) is 13.5. The maximum Gasteiger partial charge on any atom is 0.242 e. The molecular formula is C12H20N6O. The predicted octanol–water partition coefficient (Wildman–Crippen LogP) is 0.0938. The van der Waals surface area contributed by atoms with Crippen molar-refractivity contribution in [1.29, 1.82) is 0 Å². The minimum atomic E-state index is -0.163. The molecule has 1 atom stereocenters. The van der Waals surface area contributed by atoms with Gasteiger partial charge in [0.1, 0.15) is 23.5 Å². The molecule has 2 heterocycles. The average molecular weight is 264 g/mol. The number of anilines is 2. The van der Waals surface area contributed by atoms with Gasteiger partial charge in [-0.05, 0) is 26.7 Å². The number of hydrogen-bond donors (Lipinski definition) is 3. The third-order valence-electron chi connectivity index (χ3n) is 3.44. The Morgan fingerprint density at radius 2 is 2.16 bits per heavy atom. The van der Waals surface area contributed by atoms with Crippen LogP contribution >= 0.6 is 0 Å². The highest BCUT2D eigenvalue weighted by molar-refractivity contribution is 5.85. The second kappa shape index (κ2) is 5.40. The van der Waals surface area contributed by atoms with Gasteiger partial charge in [0.25, 0.3) is 0 Å². The first-order valence-electron chi connectivity index (χ1n) is 6.38. The molecule has 1 unspecified atom stereocenters. The highest BCUT2D eigenvalue weighted by Gasteiger charge is 2.32. The molecule has 104 valence electrons. The summed E-state index contributed by atoms with van der Waals surface area (Å²) in [6.45, 7) is 4.54. The number of hydrazine groups is 1. The molecule has 0 aliphatic carbocycles. The summed E-state index contributed by atoms with van der Waals surface area (Å²) >= 11 is 0. The van der Waals surface area contributed by atoms with Crippen LogP contribution in [0.3, 0.4) is 0 Å². The van der Waals surface area contributed by atoms with Crippen molar-refractivity contribution in [3.05, 3.63) is 11.4 Å². The first-order valence-corrected chi connectivity index (χ1v) is 6.38. The van der Waals surface area contributed by atoms with Crippen LogP contribution in [-0.2, 0) is 4.79 Å². The fraction of sp³-hybridized carbons (Fsp3) is 0.583. The monoisotopic (exact) mass is 264 g/mol. The van der Waals surface area contributed by atoms with Crippen LogP contribution in [0.5, 0.6) is 0 Å². The molecule has 7 nitrogen and oxygen atoms in total.